The monoisotopic (exact) mass is 290 g/mol. The number of halogens is 1. The lowest BCUT2D eigenvalue weighted by atomic mass is 10.2. The van der Waals surface area contributed by atoms with E-state index in [1.165, 1.54) is 12.5 Å². The fraction of sp³-hybridized carbons (Fsp3) is 0.154. The van der Waals surface area contributed by atoms with Crippen molar-refractivity contribution in [3.63, 3.8) is 0 Å². The van der Waals surface area contributed by atoms with E-state index in [0.29, 0.717) is 23.7 Å². The predicted octanol–water partition coefficient (Wildman–Crippen LogP) is 2.22. The largest absolute Gasteiger partial charge is 0.476 e. The number of rotatable bonds is 5. The fourth-order valence-corrected chi connectivity index (χ4v) is 1.86. The summed E-state index contributed by atoms with van der Waals surface area (Å²) in [6.45, 7) is 1.15. The van der Waals surface area contributed by atoms with Crippen molar-refractivity contribution >= 4 is 23.3 Å². The van der Waals surface area contributed by atoms with Crippen molar-refractivity contribution in [2.45, 2.75) is 6.54 Å². The highest BCUT2D eigenvalue weighted by atomic mass is 35.5. The molecule has 0 unspecified atom stereocenters. The van der Waals surface area contributed by atoms with Gasteiger partial charge in [-0.05, 0) is 18.2 Å². The summed E-state index contributed by atoms with van der Waals surface area (Å²) in [5.74, 6) is -1.05. The molecule has 0 spiro atoms. The number of carboxylic acid groups (broad SMARTS) is 1. The number of hydrogen-bond donors (Lipinski definition) is 2. The number of carbonyl (C=O) groups is 1. The van der Waals surface area contributed by atoms with E-state index in [1.54, 1.807) is 22.8 Å². The van der Waals surface area contributed by atoms with Crippen LogP contribution in [0.4, 0.5) is 5.69 Å². The number of nitrogens with one attached hydrogen (secondary N) is 1. The summed E-state index contributed by atoms with van der Waals surface area (Å²) in [6, 6.07) is 7.08. The first kappa shape index (κ1) is 13.9. The molecule has 0 saturated carbocycles. The zero-order valence-electron chi connectivity index (χ0n) is 10.4. The van der Waals surface area contributed by atoms with Crippen LogP contribution in [-0.4, -0.2) is 27.2 Å². The van der Waals surface area contributed by atoms with Crippen LogP contribution in [0.3, 0.4) is 0 Å². The SMILES string of the molecule is N#Cc1ccc(NCCn2cnc(C(=O)O)c2)cc1Cl. The summed E-state index contributed by atoms with van der Waals surface area (Å²) in [5.41, 5.74) is 1.25. The molecule has 6 nitrogen and oxygen atoms in total. The van der Waals surface area contributed by atoms with Crippen LogP contribution >= 0.6 is 11.6 Å². The second-order valence-corrected chi connectivity index (χ2v) is 4.44. The van der Waals surface area contributed by atoms with Crippen molar-refractivity contribution in [3.05, 3.63) is 47.0 Å². The van der Waals surface area contributed by atoms with Crippen molar-refractivity contribution in [2.75, 3.05) is 11.9 Å². The summed E-state index contributed by atoms with van der Waals surface area (Å²) in [7, 11) is 0. The Hall–Kier alpha value is -2.52. The normalized spacial score (nSPS) is 10.0. The Morgan fingerprint density at radius 3 is 2.95 bits per heavy atom. The zero-order valence-corrected chi connectivity index (χ0v) is 11.1. The Kier molecular flexibility index (Phi) is 4.23. The van der Waals surface area contributed by atoms with E-state index in [4.69, 9.17) is 22.0 Å². The van der Waals surface area contributed by atoms with Gasteiger partial charge in [0.25, 0.3) is 0 Å². The molecule has 0 bridgehead atoms. The van der Waals surface area contributed by atoms with Crippen molar-refractivity contribution in [1.82, 2.24) is 9.55 Å². The van der Waals surface area contributed by atoms with Gasteiger partial charge >= 0.3 is 5.97 Å². The highest BCUT2D eigenvalue weighted by Gasteiger charge is 2.06. The van der Waals surface area contributed by atoms with E-state index in [2.05, 4.69) is 10.3 Å². The number of aromatic carboxylic acids is 1. The van der Waals surface area contributed by atoms with Gasteiger partial charge in [0.15, 0.2) is 5.69 Å². The molecule has 1 aromatic carbocycles. The standard InChI is InChI=1S/C13H11ClN4O2/c14-11-5-10(2-1-9(11)6-15)16-3-4-18-7-12(13(19)20)17-8-18/h1-2,5,7-8,16H,3-4H2,(H,19,20). The second kappa shape index (κ2) is 6.08. The Labute approximate surface area is 120 Å². The van der Waals surface area contributed by atoms with Gasteiger partial charge in [-0.1, -0.05) is 11.6 Å². The molecule has 0 aliphatic heterocycles. The molecule has 0 fully saturated rings. The smallest absolute Gasteiger partial charge is 0.356 e. The van der Waals surface area contributed by atoms with Crippen LogP contribution in [0.5, 0.6) is 0 Å². The maximum Gasteiger partial charge on any atom is 0.356 e. The molecule has 7 heteroatoms. The third kappa shape index (κ3) is 3.28. The van der Waals surface area contributed by atoms with Gasteiger partial charge in [-0.2, -0.15) is 5.26 Å². The quantitative estimate of drug-likeness (QED) is 0.881. The number of nitriles is 1. The molecule has 2 aromatic rings. The number of carboxylic acids is 1. The second-order valence-electron chi connectivity index (χ2n) is 4.04. The van der Waals surface area contributed by atoms with Crippen LogP contribution in [-0.2, 0) is 6.54 Å². The first-order valence-corrected chi connectivity index (χ1v) is 6.16. The molecular formula is C13H11ClN4O2. The summed E-state index contributed by atoms with van der Waals surface area (Å²) >= 11 is 5.92. The molecule has 1 heterocycles. The van der Waals surface area contributed by atoms with Crippen molar-refractivity contribution in [1.29, 1.82) is 5.26 Å². The predicted molar refractivity (Wildman–Crippen MR) is 73.8 cm³/mol. The first-order valence-electron chi connectivity index (χ1n) is 5.79. The molecule has 0 radical (unpaired) electrons. The minimum absolute atomic E-state index is 0.0198. The molecular weight excluding hydrogens is 280 g/mol. The molecule has 0 aliphatic rings. The fourth-order valence-electron chi connectivity index (χ4n) is 1.64. The van der Waals surface area contributed by atoms with E-state index in [9.17, 15) is 4.79 Å². The Balaban J connectivity index is 1.91. The van der Waals surface area contributed by atoms with Crippen molar-refractivity contribution in [2.24, 2.45) is 0 Å². The lowest BCUT2D eigenvalue weighted by Gasteiger charge is -2.07. The van der Waals surface area contributed by atoms with Crippen LogP contribution in [0.15, 0.2) is 30.7 Å². The topological polar surface area (TPSA) is 90.9 Å². The van der Waals surface area contributed by atoms with E-state index >= 15 is 0 Å². The van der Waals surface area contributed by atoms with Crippen molar-refractivity contribution < 1.29 is 9.90 Å². The number of imidazole rings is 1. The molecule has 0 saturated heterocycles. The molecule has 102 valence electrons. The third-order valence-corrected chi connectivity index (χ3v) is 2.95. The Morgan fingerprint density at radius 2 is 2.35 bits per heavy atom. The number of hydrogen-bond acceptors (Lipinski definition) is 4. The van der Waals surface area contributed by atoms with E-state index in [-0.39, 0.29) is 5.69 Å². The van der Waals surface area contributed by atoms with Crippen LogP contribution in [0.2, 0.25) is 5.02 Å². The van der Waals surface area contributed by atoms with Gasteiger partial charge in [0.2, 0.25) is 0 Å². The molecule has 0 aliphatic carbocycles. The number of benzene rings is 1. The lowest BCUT2D eigenvalue weighted by Crippen LogP contribution is -2.09. The summed E-state index contributed by atoms with van der Waals surface area (Å²) < 4.78 is 1.68. The maximum atomic E-state index is 10.7. The number of aromatic nitrogens is 2. The molecule has 0 atom stereocenters. The van der Waals surface area contributed by atoms with E-state index in [1.807, 2.05) is 6.07 Å². The van der Waals surface area contributed by atoms with Gasteiger partial charge in [-0.25, -0.2) is 9.78 Å². The minimum Gasteiger partial charge on any atom is -0.476 e. The summed E-state index contributed by atoms with van der Waals surface area (Å²) in [5, 5.41) is 21.0. The highest BCUT2D eigenvalue weighted by molar-refractivity contribution is 6.32. The van der Waals surface area contributed by atoms with Crippen molar-refractivity contribution in [3.8, 4) is 6.07 Å². The lowest BCUT2D eigenvalue weighted by molar-refractivity contribution is 0.0691. The summed E-state index contributed by atoms with van der Waals surface area (Å²) in [4.78, 5) is 14.4. The van der Waals surface area contributed by atoms with Crippen LogP contribution in [0, 0.1) is 11.3 Å². The molecule has 1 aromatic heterocycles. The molecule has 0 amide bonds. The van der Waals surface area contributed by atoms with Crippen LogP contribution in [0.25, 0.3) is 0 Å². The first-order chi connectivity index (χ1) is 9.60. The van der Waals surface area contributed by atoms with Gasteiger partial charge in [-0.3, -0.25) is 0 Å². The van der Waals surface area contributed by atoms with Crippen LogP contribution in [0.1, 0.15) is 16.1 Å². The van der Waals surface area contributed by atoms with Gasteiger partial charge in [0.05, 0.1) is 16.9 Å². The zero-order chi connectivity index (χ0) is 14.5. The van der Waals surface area contributed by atoms with Gasteiger partial charge in [-0.15, -0.1) is 0 Å². The average Bonchev–Trinajstić information content (AvgIpc) is 2.88. The van der Waals surface area contributed by atoms with Crippen LogP contribution < -0.4 is 5.32 Å². The van der Waals surface area contributed by atoms with E-state index < -0.39 is 5.97 Å². The minimum atomic E-state index is -1.05. The molecule has 2 rings (SSSR count). The van der Waals surface area contributed by atoms with Gasteiger partial charge in [0, 0.05) is 25.0 Å². The average molecular weight is 291 g/mol. The number of nitrogens with zero attached hydrogens (tertiary/aromatic N) is 3. The summed E-state index contributed by atoms with van der Waals surface area (Å²) in [6.07, 6.45) is 2.94. The Morgan fingerprint density at radius 1 is 1.55 bits per heavy atom. The van der Waals surface area contributed by atoms with Gasteiger partial charge in [0.1, 0.15) is 6.07 Å². The maximum absolute atomic E-state index is 10.7. The Bertz CT molecular complexity index is 675. The third-order valence-electron chi connectivity index (χ3n) is 2.64. The highest BCUT2D eigenvalue weighted by Crippen LogP contribution is 2.19. The van der Waals surface area contributed by atoms with Gasteiger partial charge < -0.3 is 15.0 Å². The number of anilines is 1. The van der Waals surface area contributed by atoms with E-state index in [0.717, 1.165) is 5.69 Å². The molecule has 2 N–H and O–H groups in total. The molecule has 20 heavy (non-hydrogen) atoms.